The van der Waals surface area contributed by atoms with Gasteiger partial charge in [0.2, 0.25) is 0 Å². The second-order valence-electron chi connectivity index (χ2n) is 7.41. The van der Waals surface area contributed by atoms with Crippen LogP contribution in [0.1, 0.15) is 19.5 Å². The van der Waals surface area contributed by atoms with Crippen molar-refractivity contribution in [2.75, 3.05) is 0 Å². The number of nitrogens with zero attached hydrogens (tertiary/aromatic N) is 2. The summed E-state index contributed by atoms with van der Waals surface area (Å²) >= 11 is 0.878. The Morgan fingerprint density at radius 1 is 1.07 bits per heavy atom. The Kier molecular flexibility index (Phi) is 6.55. The highest BCUT2D eigenvalue weighted by atomic mass is 35.5. The van der Waals surface area contributed by atoms with Crippen LogP contribution in [0, 0.1) is 5.92 Å². The molecule has 2 aromatic heterocycles. The van der Waals surface area contributed by atoms with Gasteiger partial charge in [0.25, 0.3) is 5.56 Å². The number of nitrogens with two attached hydrogens (primary N) is 1. The summed E-state index contributed by atoms with van der Waals surface area (Å²) in [5.41, 5.74) is 9.63. The van der Waals surface area contributed by atoms with Crippen molar-refractivity contribution in [3.05, 3.63) is 74.2 Å². The maximum absolute atomic E-state index is 13.3. The fourth-order valence-corrected chi connectivity index (χ4v) is 4.16. The van der Waals surface area contributed by atoms with E-state index < -0.39 is 0 Å². The first-order chi connectivity index (χ1) is 14.0. The predicted molar refractivity (Wildman–Crippen MR) is 125 cm³/mol. The van der Waals surface area contributed by atoms with Crippen LogP contribution in [0.4, 0.5) is 0 Å². The normalized spacial score (nSPS) is 11.1. The lowest BCUT2D eigenvalue weighted by atomic mass is 9.95. The molecule has 2 heterocycles. The van der Waals surface area contributed by atoms with E-state index in [9.17, 15) is 9.59 Å². The number of hydrogen-bond donors (Lipinski definition) is 2. The van der Waals surface area contributed by atoms with E-state index in [0.29, 0.717) is 23.7 Å². The number of H-pyrrole nitrogens is 1. The molecule has 0 spiro atoms. The molecule has 0 aliphatic rings. The summed E-state index contributed by atoms with van der Waals surface area (Å²) in [7, 11) is 0. The maximum atomic E-state index is 13.3. The van der Waals surface area contributed by atoms with Crippen molar-refractivity contribution in [3.63, 3.8) is 0 Å². The van der Waals surface area contributed by atoms with Crippen LogP contribution in [-0.2, 0) is 13.1 Å². The average Bonchev–Trinajstić information content (AvgIpc) is 3.16. The van der Waals surface area contributed by atoms with Gasteiger partial charge in [0.1, 0.15) is 0 Å². The van der Waals surface area contributed by atoms with Crippen molar-refractivity contribution in [3.8, 4) is 22.5 Å². The second-order valence-corrected chi connectivity index (χ2v) is 8.14. The summed E-state index contributed by atoms with van der Waals surface area (Å²) in [4.78, 5) is 27.4. The second kappa shape index (κ2) is 8.95. The molecule has 0 atom stereocenters. The summed E-state index contributed by atoms with van der Waals surface area (Å²) in [6.45, 7) is 5.02. The third-order valence-electron chi connectivity index (χ3n) is 4.90. The van der Waals surface area contributed by atoms with Gasteiger partial charge in [-0.15, -0.1) is 12.4 Å². The number of aromatic amines is 1. The number of fused-ring (bicyclic) bond motifs is 1. The Hall–Kier alpha value is -2.74. The molecule has 0 aliphatic heterocycles. The van der Waals surface area contributed by atoms with Crippen LogP contribution < -0.4 is 16.2 Å². The summed E-state index contributed by atoms with van der Waals surface area (Å²) < 4.78 is 5.99. The van der Waals surface area contributed by atoms with E-state index in [1.54, 1.807) is 4.57 Å². The molecule has 0 fully saturated rings. The highest BCUT2D eigenvalue weighted by Gasteiger charge is 2.19. The summed E-state index contributed by atoms with van der Waals surface area (Å²) in [6.07, 6.45) is 0. The largest absolute Gasteiger partial charge is 0.325 e. The van der Waals surface area contributed by atoms with Gasteiger partial charge in [-0.3, -0.25) is 14.6 Å². The Morgan fingerprint density at radius 2 is 1.80 bits per heavy atom. The fourth-order valence-electron chi connectivity index (χ4n) is 3.69. The van der Waals surface area contributed by atoms with Gasteiger partial charge in [0.15, 0.2) is 5.82 Å². The number of halogens is 1. The molecule has 4 aromatic rings. The number of benzene rings is 2. The van der Waals surface area contributed by atoms with Crippen LogP contribution in [0.3, 0.4) is 0 Å². The maximum Gasteiger partial charge on any atom is 0.323 e. The van der Waals surface area contributed by atoms with Gasteiger partial charge in [0.05, 0.1) is 0 Å². The first kappa shape index (κ1) is 22.0. The smallest absolute Gasteiger partial charge is 0.323 e. The first-order valence-electron chi connectivity index (χ1n) is 9.51. The van der Waals surface area contributed by atoms with Gasteiger partial charge in [-0.2, -0.15) is 4.37 Å². The van der Waals surface area contributed by atoms with Gasteiger partial charge in [-0.05, 0) is 29.0 Å². The summed E-state index contributed by atoms with van der Waals surface area (Å²) in [6, 6.07) is 15.5. The van der Waals surface area contributed by atoms with Gasteiger partial charge in [0, 0.05) is 46.8 Å². The number of pyridine rings is 1. The zero-order chi connectivity index (χ0) is 20.5. The number of aromatic nitrogens is 3. The van der Waals surface area contributed by atoms with E-state index in [1.165, 1.54) is 0 Å². The zero-order valence-corrected chi connectivity index (χ0v) is 18.3. The minimum Gasteiger partial charge on any atom is -0.325 e. The molecule has 30 heavy (non-hydrogen) atoms. The number of hydrogen-bond acceptors (Lipinski definition) is 5. The summed E-state index contributed by atoms with van der Waals surface area (Å²) in [5, 5.41) is 1.44. The minimum absolute atomic E-state index is 0. The molecule has 6 nitrogen and oxygen atoms in total. The molecular formula is C22H23ClN4O2S. The fraction of sp³-hybridized carbons (Fsp3) is 0.227. The van der Waals surface area contributed by atoms with Crippen LogP contribution in [0.15, 0.2) is 58.1 Å². The van der Waals surface area contributed by atoms with Gasteiger partial charge in [-0.1, -0.05) is 50.2 Å². The lowest BCUT2D eigenvalue weighted by Crippen LogP contribution is -2.28. The third kappa shape index (κ3) is 3.96. The molecule has 0 radical (unpaired) electrons. The quantitative estimate of drug-likeness (QED) is 0.488. The number of nitrogens with one attached hydrogen (secondary N) is 1. The molecule has 0 saturated heterocycles. The van der Waals surface area contributed by atoms with E-state index in [2.05, 4.69) is 23.2 Å². The van der Waals surface area contributed by atoms with Crippen LogP contribution in [0.2, 0.25) is 0 Å². The Labute approximate surface area is 184 Å². The molecule has 0 amide bonds. The van der Waals surface area contributed by atoms with Crippen molar-refractivity contribution in [1.82, 2.24) is 13.9 Å². The van der Waals surface area contributed by atoms with Crippen LogP contribution in [-0.4, -0.2) is 13.9 Å². The van der Waals surface area contributed by atoms with Crippen molar-refractivity contribution in [2.45, 2.75) is 26.9 Å². The Balaban J connectivity index is 0.00000256. The van der Waals surface area contributed by atoms with Gasteiger partial charge in [-0.25, -0.2) is 0 Å². The molecule has 8 heteroatoms. The van der Waals surface area contributed by atoms with Crippen LogP contribution in [0.25, 0.3) is 33.3 Å². The molecule has 2 aromatic carbocycles. The standard InChI is InChI=1S/C22H22N4O2S.ClH/c1-13(2)12-26-18(11-23)19(14-6-4-3-5-7-14)17-10-15(8-9-16(17)21(26)27)20-24-22(28)29-25-20;/h3-10,13H,11-12,23H2,1-2H3,(H,24,25,28);1H. The van der Waals surface area contributed by atoms with E-state index in [0.717, 1.165) is 39.3 Å². The molecule has 4 rings (SSSR count). The monoisotopic (exact) mass is 442 g/mol. The molecule has 156 valence electrons. The van der Waals surface area contributed by atoms with Crippen molar-refractivity contribution < 1.29 is 0 Å². The Morgan fingerprint density at radius 3 is 2.40 bits per heavy atom. The first-order valence-corrected chi connectivity index (χ1v) is 10.3. The SMILES string of the molecule is CC(C)Cn1c(CN)c(-c2ccccc2)c2cc(-c3nsc(=O)[nH]3)ccc2c1=O.Cl. The van der Waals surface area contributed by atoms with E-state index in [-0.39, 0.29) is 29.4 Å². The van der Waals surface area contributed by atoms with Crippen LogP contribution >= 0.6 is 23.9 Å². The highest BCUT2D eigenvalue weighted by Crippen LogP contribution is 2.33. The zero-order valence-electron chi connectivity index (χ0n) is 16.7. The molecule has 0 bridgehead atoms. The lowest BCUT2D eigenvalue weighted by molar-refractivity contribution is 0.499. The number of rotatable bonds is 5. The minimum atomic E-state index is -0.210. The van der Waals surface area contributed by atoms with Crippen molar-refractivity contribution >= 4 is 34.7 Å². The molecular weight excluding hydrogens is 420 g/mol. The van der Waals surface area contributed by atoms with Gasteiger partial charge >= 0.3 is 4.87 Å². The highest BCUT2D eigenvalue weighted by molar-refractivity contribution is 7.03. The molecule has 0 unspecified atom stereocenters. The van der Waals surface area contributed by atoms with E-state index in [4.69, 9.17) is 5.73 Å². The molecule has 0 saturated carbocycles. The Bertz CT molecular complexity index is 1290. The van der Waals surface area contributed by atoms with E-state index in [1.807, 2.05) is 48.5 Å². The molecule has 3 N–H and O–H groups in total. The topological polar surface area (TPSA) is 93.8 Å². The van der Waals surface area contributed by atoms with Crippen molar-refractivity contribution in [2.24, 2.45) is 11.7 Å². The van der Waals surface area contributed by atoms with Crippen molar-refractivity contribution in [1.29, 1.82) is 0 Å². The van der Waals surface area contributed by atoms with E-state index >= 15 is 0 Å². The lowest BCUT2D eigenvalue weighted by Gasteiger charge is -2.21. The van der Waals surface area contributed by atoms with Crippen LogP contribution in [0.5, 0.6) is 0 Å². The molecule has 0 aliphatic carbocycles. The summed E-state index contributed by atoms with van der Waals surface area (Å²) in [5.74, 6) is 0.806. The predicted octanol–water partition coefficient (Wildman–Crippen LogP) is 4.02. The third-order valence-corrected chi connectivity index (χ3v) is 5.44. The van der Waals surface area contributed by atoms with Gasteiger partial charge < -0.3 is 10.3 Å². The average molecular weight is 443 g/mol.